The summed E-state index contributed by atoms with van der Waals surface area (Å²) in [5.74, 6) is -1.45. The van der Waals surface area contributed by atoms with Crippen molar-refractivity contribution in [2.45, 2.75) is 32.9 Å². The van der Waals surface area contributed by atoms with Crippen molar-refractivity contribution in [1.29, 1.82) is 0 Å². The normalized spacial score (nSPS) is 14.2. The monoisotopic (exact) mass is 306 g/mol. The van der Waals surface area contributed by atoms with Gasteiger partial charge in [-0.15, -0.1) is 12.4 Å². The fourth-order valence-corrected chi connectivity index (χ4v) is 1.68. The fourth-order valence-electron chi connectivity index (χ4n) is 1.68. The average Bonchev–Trinajstić information content (AvgIpc) is 2.28. The standard InChI is InChI=1S/C12H18N2O5.ClH/c1-12(2,3)11(17)9(13)6-4-7(14(18)19)10(16)8(15)5-6;/h4-5,9,11,15-17H,13H2,1-3H3;1H/t9-,11-;/m0./s1. The highest BCUT2D eigenvalue weighted by molar-refractivity contribution is 5.85. The number of nitrogens with zero attached hydrogens (tertiary/aromatic N) is 1. The Morgan fingerprint density at radius 1 is 1.30 bits per heavy atom. The van der Waals surface area contributed by atoms with Gasteiger partial charge in [-0.25, -0.2) is 0 Å². The summed E-state index contributed by atoms with van der Waals surface area (Å²) < 4.78 is 0. The van der Waals surface area contributed by atoms with Gasteiger partial charge in [0, 0.05) is 6.07 Å². The maximum Gasteiger partial charge on any atom is 0.314 e. The molecule has 0 radical (unpaired) electrons. The summed E-state index contributed by atoms with van der Waals surface area (Å²) >= 11 is 0. The third kappa shape index (κ3) is 3.72. The number of phenolic OH excluding ortho intramolecular Hbond substituents is 2. The van der Waals surface area contributed by atoms with E-state index in [1.165, 1.54) is 0 Å². The van der Waals surface area contributed by atoms with Gasteiger partial charge in [0.2, 0.25) is 5.75 Å². The predicted molar refractivity (Wildman–Crippen MR) is 76.1 cm³/mol. The summed E-state index contributed by atoms with van der Waals surface area (Å²) in [5, 5.41) is 39.7. The summed E-state index contributed by atoms with van der Waals surface area (Å²) in [6, 6.07) is 1.25. The summed E-state index contributed by atoms with van der Waals surface area (Å²) in [5.41, 5.74) is 4.86. The largest absolute Gasteiger partial charge is 0.504 e. The molecule has 0 bridgehead atoms. The third-order valence-electron chi connectivity index (χ3n) is 2.90. The quantitative estimate of drug-likeness (QED) is 0.383. The zero-order chi connectivity index (χ0) is 15.0. The molecule has 0 aliphatic rings. The molecule has 1 rings (SSSR count). The van der Waals surface area contributed by atoms with Crippen molar-refractivity contribution < 1.29 is 20.2 Å². The number of benzene rings is 1. The number of nitrogens with two attached hydrogens (primary N) is 1. The highest BCUT2D eigenvalue weighted by Gasteiger charge is 2.31. The number of hydrogen-bond donors (Lipinski definition) is 4. The minimum atomic E-state index is -0.962. The number of aromatic hydroxyl groups is 2. The number of aliphatic hydroxyl groups excluding tert-OH is 1. The summed E-state index contributed by atoms with van der Waals surface area (Å²) in [6.07, 6.45) is -0.962. The number of hydrogen-bond acceptors (Lipinski definition) is 6. The van der Waals surface area contributed by atoms with Crippen LogP contribution in [0.5, 0.6) is 11.5 Å². The second-order valence-electron chi connectivity index (χ2n) is 5.50. The van der Waals surface area contributed by atoms with Crippen molar-refractivity contribution in [2.24, 2.45) is 11.1 Å². The molecule has 8 heteroatoms. The van der Waals surface area contributed by atoms with Crippen molar-refractivity contribution in [2.75, 3.05) is 0 Å². The Kier molecular flexibility index (Phi) is 5.76. The highest BCUT2D eigenvalue weighted by Crippen LogP contribution is 2.39. The molecule has 20 heavy (non-hydrogen) atoms. The first-order chi connectivity index (χ1) is 8.55. The lowest BCUT2D eigenvalue weighted by Gasteiger charge is -2.31. The van der Waals surface area contributed by atoms with Crippen molar-refractivity contribution in [1.82, 2.24) is 0 Å². The second kappa shape index (κ2) is 6.25. The van der Waals surface area contributed by atoms with Crippen LogP contribution in [0, 0.1) is 15.5 Å². The molecule has 1 aromatic rings. The van der Waals surface area contributed by atoms with Crippen LogP contribution in [0.15, 0.2) is 12.1 Å². The Labute approximate surface area is 122 Å². The van der Waals surface area contributed by atoms with Gasteiger partial charge in [-0.2, -0.15) is 0 Å². The van der Waals surface area contributed by atoms with Crippen LogP contribution in [-0.4, -0.2) is 26.3 Å². The molecule has 114 valence electrons. The van der Waals surface area contributed by atoms with E-state index in [-0.39, 0.29) is 18.0 Å². The van der Waals surface area contributed by atoms with Crippen molar-refractivity contribution in [3.8, 4) is 11.5 Å². The first-order valence-electron chi connectivity index (χ1n) is 5.69. The molecule has 7 nitrogen and oxygen atoms in total. The van der Waals surface area contributed by atoms with Gasteiger partial charge in [0.25, 0.3) is 0 Å². The van der Waals surface area contributed by atoms with E-state index in [1.54, 1.807) is 20.8 Å². The maximum absolute atomic E-state index is 10.7. The SMILES string of the molecule is CC(C)(C)[C@@H](O)[C@@H](N)c1cc(O)c(O)c([N+](=O)[O-])c1.Cl. The van der Waals surface area contributed by atoms with E-state index in [4.69, 9.17) is 5.73 Å². The number of nitro groups is 1. The summed E-state index contributed by atoms with van der Waals surface area (Å²) in [7, 11) is 0. The number of aliphatic hydroxyl groups is 1. The molecule has 5 N–H and O–H groups in total. The first kappa shape index (κ1) is 18.4. The molecule has 0 aliphatic carbocycles. The maximum atomic E-state index is 10.7. The van der Waals surface area contributed by atoms with Crippen LogP contribution in [0.25, 0.3) is 0 Å². The fraction of sp³-hybridized carbons (Fsp3) is 0.500. The molecule has 0 heterocycles. The van der Waals surface area contributed by atoms with Crippen LogP contribution in [-0.2, 0) is 0 Å². The summed E-state index contributed by atoms with van der Waals surface area (Å²) in [4.78, 5) is 9.92. The minimum absolute atomic E-state index is 0. The number of phenols is 2. The molecule has 0 saturated heterocycles. The van der Waals surface area contributed by atoms with Crippen LogP contribution >= 0.6 is 12.4 Å². The number of halogens is 1. The van der Waals surface area contributed by atoms with Crippen LogP contribution in [0.1, 0.15) is 32.4 Å². The van der Waals surface area contributed by atoms with E-state index in [2.05, 4.69) is 0 Å². The van der Waals surface area contributed by atoms with Crippen molar-refractivity contribution in [3.05, 3.63) is 27.8 Å². The highest BCUT2D eigenvalue weighted by atomic mass is 35.5. The zero-order valence-corrected chi connectivity index (χ0v) is 12.2. The zero-order valence-electron chi connectivity index (χ0n) is 11.4. The molecule has 0 unspecified atom stereocenters. The molecule has 0 aromatic heterocycles. The Hall–Kier alpha value is -1.57. The Bertz CT molecular complexity index is 501. The minimum Gasteiger partial charge on any atom is -0.504 e. The topological polar surface area (TPSA) is 130 Å². The molecular weight excluding hydrogens is 288 g/mol. The van der Waals surface area contributed by atoms with E-state index >= 15 is 0 Å². The van der Waals surface area contributed by atoms with Gasteiger partial charge in [-0.05, 0) is 17.0 Å². The Morgan fingerprint density at radius 3 is 2.20 bits per heavy atom. The lowest BCUT2D eigenvalue weighted by atomic mass is 9.82. The van der Waals surface area contributed by atoms with Crippen LogP contribution in [0.2, 0.25) is 0 Å². The molecule has 0 saturated carbocycles. The molecule has 0 amide bonds. The van der Waals surface area contributed by atoms with Gasteiger partial charge < -0.3 is 21.1 Å². The van der Waals surface area contributed by atoms with Gasteiger partial charge in [0.05, 0.1) is 17.1 Å². The van der Waals surface area contributed by atoms with Gasteiger partial charge in [0.15, 0.2) is 5.75 Å². The first-order valence-corrected chi connectivity index (χ1v) is 5.69. The average molecular weight is 307 g/mol. The smallest absolute Gasteiger partial charge is 0.314 e. The van der Waals surface area contributed by atoms with E-state index in [0.29, 0.717) is 0 Å². The summed E-state index contributed by atoms with van der Waals surface area (Å²) in [6.45, 7) is 5.31. The van der Waals surface area contributed by atoms with Gasteiger partial charge in [-0.3, -0.25) is 10.1 Å². The van der Waals surface area contributed by atoms with E-state index in [0.717, 1.165) is 12.1 Å². The lowest BCUT2D eigenvalue weighted by molar-refractivity contribution is -0.386. The third-order valence-corrected chi connectivity index (χ3v) is 2.90. The molecule has 0 spiro atoms. The van der Waals surface area contributed by atoms with Crippen LogP contribution in [0.3, 0.4) is 0 Å². The van der Waals surface area contributed by atoms with Crippen molar-refractivity contribution in [3.63, 3.8) is 0 Å². The van der Waals surface area contributed by atoms with Crippen LogP contribution < -0.4 is 5.73 Å². The van der Waals surface area contributed by atoms with Gasteiger partial charge in [0.1, 0.15) is 0 Å². The van der Waals surface area contributed by atoms with E-state index < -0.39 is 39.7 Å². The predicted octanol–water partition coefficient (Wildman–Crippen LogP) is 1.83. The van der Waals surface area contributed by atoms with Gasteiger partial charge >= 0.3 is 5.69 Å². The van der Waals surface area contributed by atoms with Crippen LogP contribution in [0.4, 0.5) is 5.69 Å². The van der Waals surface area contributed by atoms with E-state index in [9.17, 15) is 25.4 Å². The van der Waals surface area contributed by atoms with Gasteiger partial charge in [-0.1, -0.05) is 20.8 Å². The van der Waals surface area contributed by atoms with E-state index in [1.807, 2.05) is 0 Å². The Balaban J connectivity index is 0.00000361. The number of nitro benzene ring substituents is 1. The molecule has 1 aromatic carbocycles. The molecule has 2 atom stereocenters. The second-order valence-corrected chi connectivity index (χ2v) is 5.50. The molecular formula is C12H19ClN2O5. The lowest BCUT2D eigenvalue weighted by Crippen LogP contribution is -2.36. The molecule has 0 aliphatic heterocycles. The number of rotatable bonds is 3. The Morgan fingerprint density at radius 2 is 1.80 bits per heavy atom. The van der Waals surface area contributed by atoms with Crippen molar-refractivity contribution >= 4 is 18.1 Å². The molecule has 0 fully saturated rings.